The summed E-state index contributed by atoms with van der Waals surface area (Å²) in [6, 6.07) is 12.4. The number of benzene rings is 1. The first-order chi connectivity index (χ1) is 13.8. The largest absolute Gasteiger partial charge is 0.395 e. The number of piperazine rings is 1. The number of hydrogen-bond donors (Lipinski definition) is 4. The van der Waals surface area contributed by atoms with Crippen LogP contribution in [-0.4, -0.2) is 72.7 Å². The van der Waals surface area contributed by atoms with Crippen molar-refractivity contribution in [2.24, 2.45) is 0 Å². The standard InChI is InChI=1S/C19H25N7O2/c20-14-16-17(21-6-12-27)23-19(22-7-13-28)24-18(16)26-10-8-25(9-11-26)15-4-2-1-3-5-15/h1-5,27-28H,6-13H2,(H2,21,22,23,24). The van der Waals surface area contributed by atoms with Gasteiger partial charge in [-0.1, -0.05) is 18.2 Å². The van der Waals surface area contributed by atoms with Crippen LogP contribution in [-0.2, 0) is 0 Å². The van der Waals surface area contributed by atoms with Gasteiger partial charge in [0.15, 0.2) is 11.6 Å². The van der Waals surface area contributed by atoms with Crippen molar-refractivity contribution in [3.8, 4) is 6.07 Å². The van der Waals surface area contributed by atoms with Gasteiger partial charge in [-0.15, -0.1) is 0 Å². The van der Waals surface area contributed by atoms with Crippen molar-refractivity contribution in [2.75, 3.05) is 72.9 Å². The van der Waals surface area contributed by atoms with E-state index in [0.29, 0.717) is 29.7 Å². The lowest BCUT2D eigenvalue weighted by atomic mass is 10.2. The van der Waals surface area contributed by atoms with Crippen molar-refractivity contribution in [1.82, 2.24) is 9.97 Å². The van der Waals surface area contributed by atoms with Gasteiger partial charge in [-0.25, -0.2) is 0 Å². The Morgan fingerprint density at radius 1 is 0.929 bits per heavy atom. The lowest BCUT2D eigenvalue weighted by Gasteiger charge is -2.37. The summed E-state index contributed by atoms with van der Waals surface area (Å²) >= 11 is 0. The Morgan fingerprint density at radius 3 is 2.21 bits per heavy atom. The van der Waals surface area contributed by atoms with Crippen LogP contribution in [0.5, 0.6) is 0 Å². The molecule has 9 nitrogen and oxygen atoms in total. The minimum absolute atomic E-state index is 0.0478. The number of hydrogen-bond acceptors (Lipinski definition) is 9. The van der Waals surface area contributed by atoms with E-state index in [-0.39, 0.29) is 19.8 Å². The molecule has 2 heterocycles. The van der Waals surface area contributed by atoms with E-state index >= 15 is 0 Å². The third-order valence-electron chi connectivity index (χ3n) is 4.50. The van der Waals surface area contributed by atoms with Crippen LogP contribution in [0.1, 0.15) is 5.56 Å². The van der Waals surface area contributed by atoms with Crippen molar-refractivity contribution in [3.05, 3.63) is 35.9 Å². The first-order valence-corrected chi connectivity index (χ1v) is 9.33. The number of aliphatic hydroxyl groups excluding tert-OH is 2. The van der Waals surface area contributed by atoms with Crippen LogP contribution >= 0.6 is 0 Å². The summed E-state index contributed by atoms with van der Waals surface area (Å²) in [6.45, 7) is 3.56. The van der Waals surface area contributed by atoms with Gasteiger partial charge in [-0.05, 0) is 12.1 Å². The number of anilines is 4. The Labute approximate surface area is 164 Å². The van der Waals surface area contributed by atoms with Gasteiger partial charge < -0.3 is 30.6 Å². The summed E-state index contributed by atoms with van der Waals surface area (Å²) in [4.78, 5) is 13.2. The third kappa shape index (κ3) is 4.60. The predicted molar refractivity (Wildman–Crippen MR) is 109 cm³/mol. The average Bonchev–Trinajstić information content (AvgIpc) is 2.76. The van der Waals surface area contributed by atoms with E-state index in [1.807, 2.05) is 18.2 Å². The number of para-hydroxylation sites is 1. The van der Waals surface area contributed by atoms with Crippen LogP contribution in [0.2, 0.25) is 0 Å². The van der Waals surface area contributed by atoms with Crippen molar-refractivity contribution in [2.45, 2.75) is 0 Å². The Bertz CT molecular complexity index is 802. The van der Waals surface area contributed by atoms with E-state index in [1.165, 1.54) is 5.69 Å². The number of aromatic nitrogens is 2. The molecule has 148 valence electrons. The van der Waals surface area contributed by atoms with Crippen molar-refractivity contribution < 1.29 is 10.2 Å². The minimum atomic E-state index is -0.0701. The van der Waals surface area contributed by atoms with E-state index < -0.39 is 0 Å². The second kappa shape index (κ2) is 9.73. The number of nitrogens with one attached hydrogen (secondary N) is 2. The molecule has 0 atom stereocenters. The van der Waals surface area contributed by atoms with E-state index in [4.69, 9.17) is 10.2 Å². The number of aliphatic hydroxyl groups is 2. The molecular formula is C19H25N7O2. The molecule has 1 aliphatic heterocycles. The lowest BCUT2D eigenvalue weighted by Crippen LogP contribution is -2.47. The molecule has 28 heavy (non-hydrogen) atoms. The fourth-order valence-corrected chi connectivity index (χ4v) is 3.14. The second-order valence-corrected chi connectivity index (χ2v) is 6.32. The first kappa shape index (κ1) is 19.7. The van der Waals surface area contributed by atoms with Gasteiger partial charge in [0.2, 0.25) is 5.95 Å². The molecule has 1 aliphatic rings. The maximum absolute atomic E-state index is 9.70. The molecule has 0 spiro atoms. The van der Waals surface area contributed by atoms with Gasteiger partial charge in [-0.2, -0.15) is 15.2 Å². The maximum Gasteiger partial charge on any atom is 0.226 e. The third-order valence-corrected chi connectivity index (χ3v) is 4.50. The maximum atomic E-state index is 9.70. The molecule has 2 aromatic rings. The summed E-state index contributed by atoms with van der Waals surface area (Å²) in [5.41, 5.74) is 1.54. The monoisotopic (exact) mass is 383 g/mol. The highest BCUT2D eigenvalue weighted by Gasteiger charge is 2.24. The van der Waals surface area contributed by atoms with Crippen LogP contribution in [0.3, 0.4) is 0 Å². The predicted octanol–water partition coefficient (Wildman–Crippen LogP) is 0.483. The molecule has 0 bridgehead atoms. The zero-order chi connectivity index (χ0) is 19.8. The van der Waals surface area contributed by atoms with Gasteiger partial charge in [-0.3, -0.25) is 0 Å². The van der Waals surface area contributed by atoms with Gasteiger partial charge in [0.05, 0.1) is 13.2 Å². The summed E-state index contributed by atoms with van der Waals surface area (Å²) in [7, 11) is 0. The Balaban J connectivity index is 1.82. The molecule has 0 saturated carbocycles. The molecule has 1 aromatic heterocycles. The molecule has 9 heteroatoms. The zero-order valence-electron chi connectivity index (χ0n) is 15.7. The first-order valence-electron chi connectivity index (χ1n) is 9.33. The van der Waals surface area contributed by atoms with Crippen LogP contribution in [0.15, 0.2) is 30.3 Å². The van der Waals surface area contributed by atoms with Crippen LogP contribution < -0.4 is 20.4 Å². The molecule has 0 amide bonds. The molecule has 1 aromatic carbocycles. The minimum Gasteiger partial charge on any atom is -0.395 e. The molecule has 3 rings (SSSR count). The quantitative estimate of drug-likeness (QED) is 0.516. The van der Waals surface area contributed by atoms with E-state index in [0.717, 1.165) is 26.2 Å². The second-order valence-electron chi connectivity index (χ2n) is 6.32. The normalized spacial score (nSPS) is 13.9. The van der Waals surface area contributed by atoms with Crippen molar-refractivity contribution in [1.29, 1.82) is 5.26 Å². The van der Waals surface area contributed by atoms with E-state index in [2.05, 4.69) is 48.6 Å². The summed E-state index contributed by atoms with van der Waals surface area (Å²) < 4.78 is 0. The van der Waals surface area contributed by atoms with Crippen molar-refractivity contribution in [3.63, 3.8) is 0 Å². The van der Waals surface area contributed by atoms with Gasteiger partial charge in [0, 0.05) is 45.0 Å². The highest BCUT2D eigenvalue weighted by molar-refractivity contribution is 5.68. The smallest absolute Gasteiger partial charge is 0.226 e. The molecule has 0 unspecified atom stereocenters. The highest BCUT2D eigenvalue weighted by Crippen LogP contribution is 2.27. The van der Waals surface area contributed by atoms with E-state index in [9.17, 15) is 5.26 Å². The van der Waals surface area contributed by atoms with E-state index in [1.54, 1.807) is 0 Å². The van der Waals surface area contributed by atoms with Crippen molar-refractivity contribution >= 4 is 23.3 Å². The Kier molecular flexibility index (Phi) is 6.84. The lowest BCUT2D eigenvalue weighted by molar-refractivity contribution is 0.311. The molecule has 1 fully saturated rings. The van der Waals surface area contributed by atoms with Crippen LogP contribution in [0, 0.1) is 11.3 Å². The van der Waals surface area contributed by atoms with Gasteiger partial charge in [0.25, 0.3) is 0 Å². The highest BCUT2D eigenvalue weighted by atomic mass is 16.3. The average molecular weight is 383 g/mol. The fraction of sp³-hybridized carbons (Fsp3) is 0.421. The summed E-state index contributed by atoms with van der Waals surface area (Å²) in [5.74, 6) is 1.28. The number of nitriles is 1. The molecule has 0 aliphatic carbocycles. The topological polar surface area (TPSA) is 121 Å². The molecular weight excluding hydrogens is 358 g/mol. The SMILES string of the molecule is N#Cc1c(NCCO)nc(NCCO)nc1N1CCN(c2ccccc2)CC1. The van der Waals surface area contributed by atoms with Gasteiger partial charge >= 0.3 is 0 Å². The summed E-state index contributed by atoms with van der Waals surface area (Å²) in [5, 5.41) is 33.8. The van der Waals surface area contributed by atoms with Crippen LogP contribution in [0.4, 0.5) is 23.3 Å². The fourth-order valence-electron chi connectivity index (χ4n) is 3.14. The molecule has 4 N–H and O–H groups in total. The molecule has 0 radical (unpaired) electrons. The number of nitrogens with zero attached hydrogens (tertiary/aromatic N) is 5. The molecule has 1 saturated heterocycles. The van der Waals surface area contributed by atoms with Gasteiger partial charge in [0.1, 0.15) is 11.6 Å². The summed E-state index contributed by atoms with van der Waals surface area (Å²) in [6.07, 6.45) is 0. The zero-order valence-corrected chi connectivity index (χ0v) is 15.7. The Morgan fingerprint density at radius 2 is 1.57 bits per heavy atom. The van der Waals surface area contributed by atoms with Crippen LogP contribution in [0.25, 0.3) is 0 Å². The number of rotatable bonds is 8. The Hall–Kier alpha value is -3.09.